The standard InChI is InChI=1S/C23H20N4O2/c28-22(20-11-4-5-12-21(20)27-15-7-14-26-27)25-16-19-10-6-13-24-23(19)29-17-18-8-2-1-3-9-18/h1-15H,16-17H2,(H,25,28). The third kappa shape index (κ3) is 4.50. The summed E-state index contributed by atoms with van der Waals surface area (Å²) in [6.07, 6.45) is 5.17. The molecule has 4 aromatic rings. The Kier molecular flexibility index (Phi) is 5.62. The van der Waals surface area contributed by atoms with Crippen LogP contribution in [-0.2, 0) is 13.2 Å². The van der Waals surface area contributed by atoms with E-state index in [0.29, 0.717) is 24.6 Å². The fraction of sp³-hybridized carbons (Fsp3) is 0.0870. The highest BCUT2D eigenvalue weighted by atomic mass is 16.5. The summed E-state index contributed by atoms with van der Waals surface area (Å²) in [6, 6.07) is 22.8. The Labute approximate surface area is 168 Å². The minimum atomic E-state index is -0.186. The summed E-state index contributed by atoms with van der Waals surface area (Å²) >= 11 is 0. The second-order valence-electron chi connectivity index (χ2n) is 6.39. The molecule has 4 rings (SSSR count). The molecule has 2 aromatic carbocycles. The summed E-state index contributed by atoms with van der Waals surface area (Å²) in [5.41, 5.74) is 3.14. The molecule has 0 radical (unpaired) electrons. The monoisotopic (exact) mass is 384 g/mol. The number of hydrogen-bond donors (Lipinski definition) is 1. The molecule has 29 heavy (non-hydrogen) atoms. The Morgan fingerprint density at radius 2 is 1.76 bits per heavy atom. The fourth-order valence-corrected chi connectivity index (χ4v) is 2.96. The fourth-order valence-electron chi connectivity index (χ4n) is 2.96. The van der Waals surface area contributed by atoms with Crippen molar-refractivity contribution in [3.63, 3.8) is 0 Å². The van der Waals surface area contributed by atoms with Gasteiger partial charge in [0.2, 0.25) is 5.88 Å². The molecule has 144 valence electrons. The van der Waals surface area contributed by atoms with Crippen molar-refractivity contribution in [2.24, 2.45) is 0 Å². The second kappa shape index (κ2) is 8.84. The number of rotatable bonds is 7. The predicted molar refractivity (Wildman–Crippen MR) is 110 cm³/mol. The van der Waals surface area contributed by atoms with Crippen molar-refractivity contribution in [2.75, 3.05) is 0 Å². The third-order valence-electron chi connectivity index (χ3n) is 4.41. The number of amides is 1. The van der Waals surface area contributed by atoms with Crippen LogP contribution in [0.5, 0.6) is 5.88 Å². The highest BCUT2D eigenvalue weighted by Crippen LogP contribution is 2.17. The van der Waals surface area contributed by atoms with Crippen LogP contribution in [0, 0.1) is 0 Å². The van der Waals surface area contributed by atoms with Crippen LogP contribution in [0.15, 0.2) is 91.4 Å². The first-order valence-corrected chi connectivity index (χ1v) is 9.29. The molecule has 0 fully saturated rings. The zero-order valence-corrected chi connectivity index (χ0v) is 15.7. The van der Waals surface area contributed by atoms with Crippen molar-refractivity contribution in [3.8, 4) is 11.6 Å². The van der Waals surface area contributed by atoms with Crippen LogP contribution < -0.4 is 10.1 Å². The van der Waals surface area contributed by atoms with Gasteiger partial charge in [0.15, 0.2) is 0 Å². The maximum absolute atomic E-state index is 12.8. The SMILES string of the molecule is O=C(NCc1cccnc1OCc1ccccc1)c1ccccc1-n1cccn1. The average molecular weight is 384 g/mol. The van der Waals surface area contributed by atoms with Crippen LogP contribution in [0.1, 0.15) is 21.5 Å². The number of carbonyl (C=O) groups is 1. The van der Waals surface area contributed by atoms with E-state index in [9.17, 15) is 4.79 Å². The molecule has 0 spiro atoms. The van der Waals surface area contributed by atoms with E-state index in [1.807, 2.05) is 72.9 Å². The molecule has 0 bridgehead atoms. The first kappa shape index (κ1) is 18.4. The van der Waals surface area contributed by atoms with Gasteiger partial charge < -0.3 is 10.1 Å². The molecule has 0 aliphatic carbocycles. The van der Waals surface area contributed by atoms with Crippen molar-refractivity contribution in [1.82, 2.24) is 20.1 Å². The number of nitrogens with zero attached hydrogens (tertiary/aromatic N) is 3. The predicted octanol–water partition coefficient (Wildman–Crippen LogP) is 3.78. The molecule has 0 atom stereocenters. The Hall–Kier alpha value is -3.93. The van der Waals surface area contributed by atoms with E-state index < -0.39 is 0 Å². The summed E-state index contributed by atoms with van der Waals surface area (Å²) in [7, 11) is 0. The summed E-state index contributed by atoms with van der Waals surface area (Å²) in [4.78, 5) is 17.1. The van der Waals surface area contributed by atoms with E-state index in [2.05, 4.69) is 15.4 Å². The van der Waals surface area contributed by atoms with Crippen LogP contribution in [0.3, 0.4) is 0 Å². The lowest BCUT2D eigenvalue weighted by Crippen LogP contribution is -2.24. The van der Waals surface area contributed by atoms with E-state index in [1.54, 1.807) is 23.1 Å². The quantitative estimate of drug-likeness (QED) is 0.527. The molecule has 0 aliphatic heterocycles. The molecule has 6 nitrogen and oxygen atoms in total. The highest BCUT2D eigenvalue weighted by molar-refractivity contribution is 5.97. The number of para-hydroxylation sites is 1. The van der Waals surface area contributed by atoms with Gasteiger partial charge in [-0.1, -0.05) is 48.5 Å². The lowest BCUT2D eigenvalue weighted by Gasteiger charge is -2.13. The van der Waals surface area contributed by atoms with Crippen molar-refractivity contribution in [1.29, 1.82) is 0 Å². The summed E-state index contributed by atoms with van der Waals surface area (Å²) in [6.45, 7) is 0.727. The smallest absolute Gasteiger partial charge is 0.253 e. The van der Waals surface area contributed by atoms with Crippen molar-refractivity contribution >= 4 is 5.91 Å². The molecule has 2 heterocycles. The van der Waals surface area contributed by atoms with E-state index >= 15 is 0 Å². The number of pyridine rings is 1. The second-order valence-corrected chi connectivity index (χ2v) is 6.39. The Morgan fingerprint density at radius 3 is 2.59 bits per heavy atom. The maximum atomic E-state index is 12.8. The van der Waals surface area contributed by atoms with E-state index in [1.165, 1.54) is 0 Å². The topological polar surface area (TPSA) is 69.0 Å². The van der Waals surface area contributed by atoms with Crippen molar-refractivity contribution in [3.05, 3.63) is 108 Å². The zero-order valence-electron chi connectivity index (χ0n) is 15.7. The van der Waals surface area contributed by atoms with Crippen LogP contribution in [-0.4, -0.2) is 20.7 Å². The van der Waals surface area contributed by atoms with Gasteiger partial charge in [-0.25, -0.2) is 9.67 Å². The lowest BCUT2D eigenvalue weighted by atomic mass is 10.1. The lowest BCUT2D eigenvalue weighted by molar-refractivity contribution is 0.0950. The molecule has 0 saturated heterocycles. The van der Waals surface area contributed by atoms with Gasteiger partial charge in [0.05, 0.1) is 11.3 Å². The van der Waals surface area contributed by atoms with Crippen LogP contribution in [0.25, 0.3) is 5.69 Å². The minimum absolute atomic E-state index is 0.186. The molecule has 0 unspecified atom stereocenters. The number of carbonyl (C=O) groups excluding carboxylic acids is 1. The van der Waals surface area contributed by atoms with Gasteiger partial charge >= 0.3 is 0 Å². The number of hydrogen-bond acceptors (Lipinski definition) is 4. The Bertz CT molecular complexity index is 1080. The molecule has 1 N–H and O–H groups in total. The molecular formula is C23H20N4O2. The summed E-state index contributed by atoms with van der Waals surface area (Å²) < 4.78 is 7.54. The third-order valence-corrected chi connectivity index (χ3v) is 4.41. The van der Waals surface area contributed by atoms with Gasteiger partial charge in [0, 0.05) is 30.7 Å². The number of nitrogens with one attached hydrogen (secondary N) is 1. The van der Waals surface area contributed by atoms with Crippen molar-refractivity contribution in [2.45, 2.75) is 13.2 Å². The van der Waals surface area contributed by atoms with Gasteiger partial charge in [-0.05, 0) is 29.8 Å². The normalized spacial score (nSPS) is 10.5. The highest BCUT2D eigenvalue weighted by Gasteiger charge is 2.13. The van der Waals surface area contributed by atoms with Crippen LogP contribution >= 0.6 is 0 Å². The molecule has 0 aliphatic rings. The first-order chi connectivity index (χ1) is 14.3. The number of aromatic nitrogens is 3. The molecule has 1 amide bonds. The van der Waals surface area contributed by atoms with Crippen molar-refractivity contribution < 1.29 is 9.53 Å². The minimum Gasteiger partial charge on any atom is -0.473 e. The Balaban J connectivity index is 1.45. The number of benzene rings is 2. The summed E-state index contributed by atoms with van der Waals surface area (Å²) in [5.74, 6) is 0.325. The molecule has 0 saturated carbocycles. The van der Waals surface area contributed by atoms with E-state index in [-0.39, 0.29) is 5.91 Å². The largest absolute Gasteiger partial charge is 0.473 e. The summed E-state index contributed by atoms with van der Waals surface area (Å²) in [5, 5.41) is 7.18. The average Bonchev–Trinajstić information content (AvgIpc) is 3.32. The van der Waals surface area contributed by atoms with Gasteiger partial charge in [0.25, 0.3) is 5.91 Å². The van der Waals surface area contributed by atoms with E-state index in [4.69, 9.17) is 4.74 Å². The Morgan fingerprint density at radius 1 is 0.931 bits per heavy atom. The molecule has 2 aromatic heterocycles. The zero-order chi connectivity index (χ0) is 19.9. The van der Waals surface area contributed by atoms with Crippen LogP contribution in [0.2, 0.25) is 0 Å². The molecule has 6 heteroatoms. The van der Waals surface area contributed by atoms with Gasteiger partial charge in [-0.15, -0.1) is 0 Å². The maximum Gasteiger partial charge on any atom is 0.253 e. The van der Waals surface area contributed by atoms with Gasteiger partial charge in [-0.2, -0.15) is 5.10 Å². The first-order valence-electron chi connectivity index (χ1n) is 9.29. The molecular weight excluding hydrogens is 364 g/mol. The van der Waals surface area contributed by atoms with E-state index in [0.717, 1.165) is 16.8 Å². The van der Waals surface area contributed by atoms with Gasteiger partial charge in [0.1, 0.15) is 6.61 Å². The van der Waals surface area contributed by atoms with Crippen LogP contribution in [0.4, 0.5) is 0 Å². The van der Waals surface area contributed by atoms with Gasteiger partial charge in [-0.3, -0.25) is 4.79 Å². The number of ether oxygens (including phenoxy) is 1.